The standard InChI is InChI=1S/C15H16BrNOS/c1-9-7-19-8-13(9)14(17-2)12-6-11(16)5-10-3-4-18-15(10)12/h5-8,14,17H,3-4H2,1-2H3. The van der Waals surface area contributed by atoms with E-state index in [1.807, 2.05) is 7.05 Å². The quantitative estimate of drug-likeness (QED) is 0.911. The van der Waals surface area contributed by atoms with Crippen LogP contribution < -0.4 is 10.1 Å². The molecule has 0 saturated heterocycles. The molecule has 1 aromatic carbocycles. The molecule has 1 atom stereocenters. The number of aryl methyl sites for hydroxylation is 1. The molecular weight excluding hydrogens is 322 g/mol. The molecule has 1 N–H and O–H groups in total. The Balaban J connectivity index is 2.12. The van der Waals surface area contributed by atoms with E-state index in [1.54, 1.807) is 11.3 Å². The first-order valence-corrected chi connectivity index (χ1v) is 8.09. The average Bonchev–Trinajstić information content (AvgIpc) is 2.99. The third-order valence-electron chi connectivity index (χ3n) is 3.58. The molecular formula is C15H16BrNOS. The fraction of sp³-hybridized carbons (Fsp3) is 0.333. The molecule has 4 heteroatoms. The fourth-order valence-corrected chi connectivity index (χ4v) is 4.06. The van der Waals surface area contributed by atoms with Gasteiger partial charge in [-0.25, -0.2) is 0 Å². The zero-order valence-electron chi connectivity index (χ0n) is 11.0. The highest BCUT2D eigenvalue weighted by atomic mass is 79.9. The maximum Gasteiger partial charge on any atom is 0.127 e. The predicted molar refractivity (Wildman–Crippen MR) is 83.3 cm³/mol. The van der Waals surface area contributed by atoms with Crippen LogP contribution in [0.5, 0.6) is 5.75 Å². The highest BCUT2D eigenvalue weighted by molar-refractivity contribution is 9.10. The molecule has 1 aliphatic heterocycles. The predicted octanol–water partition coefficient (Wildman–Crippen LogP) is 4.06. The lowest BCUT2D eigenvalue weighted by molar-refractivity contribution is 0.351. The van der Waals surface area contributed by atoms with Gasteiger partial charge in [-0.2, -0.15) is 11.3 Å². The molecule has 0 saturated carbocycles. The Morgan fingerprint density at radius 3 is 2.84 bits per heavy atom. The minimum atomic E-state index is 0.190. The molecule has 0 spiro atoms. The van der Waals surface area contributed by atoms with Gasteiger partial charge in [0.2, 0.25) is 0 Å². The van der Waals surface area contributed by atoms with E-state index < -0.39 is 0 Å². The normalized spacial score (nSPS) is 15.1. The molecule has 2 heterocycles. The summed E-state index contributed by atoms with van der Waals surface area (Å²) in [5, 5.41) is 7.84. The van der Waals surface area contributed by atoms with Crippen LogP contribution in [0.15, 0.2) is 27.4 Å². The Bertz CT molecular complexity index is 608. The first-order chi connectivity index (χ1) is 9.20. The van der Waals surface area contributed by atoms with Crippen molar-refractivity contribution < 1.29 is 4.74 Å². The molecule has 0 aliphatic carbocycles. The molecule has 19 heavy (non-hydrogen) atoms. The second-order valence-corrected chi connectivity index (χ2v) is 6.47. The van der Waals surface area contributed by atoms with E-state index in [-0.39, 0.29) is 6.04 Å². The lowest BCUT2D eigenvalue weighted by atomic mass is 9.96. The number of halogens is 1. The average molecular weight is 338 g/mol. The van der Waals surface area contributed by atoms with Gasteiger partial charge in [0, 0.05) is 16.5 Å². The van der Waals surface area contributed by atoms with Gasteiger partial charge in [-0.15, -0.1) is 0 Å². The van der Waals surface area contributed by atoms with Crippen molar-refractivity contribution in [2.24, 2.45) is 0 Å². The van der Waals surface area contributed by atoms with Gasteiger partial charge in [0.25, 0.3) is 0 Å². The summed E-state index contributed by atoms with van der Waals surface area (Å²) in [6.07, 6.45) is 1.00. The first-order valence-electron chi connectivity index (χ1n) is 6.35. The lowest BCUT2D eigenvalue weighted by Gasteiger charge is -2.20. The molecule has 0 radical (unpaired) electrons. The zero-order valence-corrected chi connectivity index (χ0v) is 13.4. The van der Waals surface area contributed by atoms with Crippen LogP contribution in [0.4, 0.5) is 0 Å². The lowest BCUT2D eigenvalue weighted by Crippen LogP contribution is -2.18. The molecule has 1 aromatic heterocycles. The molecule has 1 unspecified atom stereocenters. The van der Waals surface area contributed by atoms with Crippen molar-refractivity contribution in [3.8, 4) is 5.75 Å². The van der Waals surface area contributed by atoms with Gasteiger partial charge in [0.05, 0.1) is 12.6 Å². The second-order valence-electron chi connectivity index (χ2n) is 4.81. The van der Waals surface area contributed by atoms with Gasteiger partial charge in [-0.05, 0) is 53.6 Å². The zero-order chi connectivity index (χ0) is 13.4. The summed E-state index contributed by atoms with van der Waals surface area (Å²) < 4.78 is 6.97. The third kappa shape index (κ3) is 2.33. The summed E-state index contributed by atoms with van der Waals surface area (Å²) in [5.74, 6) is 1.06. The highest BCUT2D eigenvalue weighted by Crippen LogP contribution is 2.39. The highest BCUT2D eigenvalue weighted by Gasteiger charge is 2.24. The van der Waals surface area contributed by atoms with E-state index in [4.69, 9.17) is 4.74 Å². The van der Waals surface area contributed by atoms with Crippen LogP contribution in [-0.2, 0) is 6.42 Å². The molecule has 1 aliphatic rings. The van der Waals surface area contributed by atoms with Gasteiger partial charge in [-0.1, -0.05) is 15.9 Å². The fourth-order valence-electron chi connectivity index (χ4n) is 2.66. The monoisotopic (exact) mass is 337 g/mol. The Kier molecular flexibility index (Phi) is 3.65. The summed E-state index contributed by atoms with van der Waals surface area (Å²) in [5.41, 5.74) is 5.20. The van der Waals surface area contributed by atoms with Crippen LogP contribution in [0.2, 0.25) is 0 Å². The Morgan fingerprint density at radius 2 is 2.16 bits per heavy atom. The van der Waals surface area contributed by atoms with Gasteiger partial charge >= 0.3 is 0 Å². The topological polar surface area (TPSA) is 21.3 Å². The summed E-state index contributed by atoms with van der Waals surface area (Å²) >= 11 is 5.36. The summed E-state index contributed by atoms with van der Waals surface area (Å²) in [6, 6.07) is 4.53. The number of hydrogen-bond donors (Lipinski definition) is 1. The van der Waals surface area contributed by atoms with Crippen LogP contribution in [0.1, 0.15) is 28.3 Å². The molecule has 0 amide bonds. The van der Waals surface area contributed by atoms with E-state index in [0.717, 1.165) is 23.2 Å². The van der Waals surface area contributed by atoms with E-state index in [9.17, 15) is 0 Å². The van der Waals surface area contributed by atoms with Crippen molar-refractivity contribution in [2.75, 3.05) is 13.7 Å². The van der Waals surface area contributed by atoms with Crippen molar-refractivity contribution in [1.82, 2.24) is 5.32 Å². The Labute approximate surface area is 125 Å². The van der Waals surface area contributed by atoms with E-state index in [2.05, 4.69) is 51.1 Å². The summed E-state index contributed by atoms with van der Waals surface area (Å²) in [6.45, 7) is 2.95. The molecule has 2 aromatic rings. The first kappa shape index (κ1) is 13.2. The van der Waals surface area contributed by atoms with Crippen LogP contribution in [0.3, 0.4) is 0 Å². The molecule has 100 valence electrons. The summed E-state index contributed by atoms with van der Waals surface area (Å²) in [7, 11) is 2.00. The van der Waals surface area contributed by atoms with Crippen LogP contribution in [0, 0.1) is 6.92 Å². The number of fused-ring (bicyclic) bond motifs is 1. The molecule has 0 bridgehead atoms. The Hall–Kier alpha value is -0.840. The number of hydrogen-bond acceptors (Lipinski definition) is 3. The largest absolute Gasteiger partial charge is 0.493 e. The third-order valence-corrected chi connectivity index (χ3v) is 4.92. The van der Waals surface area contributed by atoms with E-state index in [0.29, 0.717) is 0 Å². The van der Waals surface area contributed by atoms with Crippen LogP contribution in [-0.4, -0.2) is 13.7 Å². The van der Waals surface area contributed by atoms with E-state index >= 15 is 0 Å². The smallest absolute Gasteiger partial charge is 0.127 e. The van der Waals surface area contributed by atoms with Crippen LogP contribution >= 0.6 is 27.3 Å². The van der Waals surface area contributed by atoms with Gasteiger partial charge < -0.3 is 10.1 Å². The number of ether oxygens (including phenoxy) is 1. The minimum absolute atomic E-state index is 0.190. The van der Waals surface area contributed by atoms with Crippen molar-refractivity contribution in [2.45, 2.75) is 19.4 Å². The van der Waals surface area contributed by atoms with Gasteiger partial charge in [0.15, 0.2) is 0 Å². The molecule has 2 nitrogen and oxygen atoms in total. The van der Waals surface area contributed by atoms with Gasteiger partial charge in [-0.3, -0.25) is 0 Å². The van der Waals surface area contributed by atoms with E-state index in [1.165, 1.54) is 22.3 Å². The Morgan fingerprint density at radius 1 is 1.32 bits per heavy atom. The maximum absolute atomic E-state index is 5.85. The van der Waals surface area contributed by atoms with Crippen molar-refractivity contribution in [3.05, 3.63) is 49.6 Å². The SMILES string of the molecule is CNC(c1cscc1C)c1cc(Br)cc2c1OCC2. The van der Waals surface area contributed by atoms with Crippen LogP contribution in [0.25, 0.3) is 0 Å². The number of nitrogens with one attached hydrogen (secondary N) is 1. The van der Waals surface area contributed by atoms with Crippen molar-refractivity contribution in [3.63, 3.8) is 0 Å². The minimum Gasteiger partial charge on any atom is -0.493 e. The number of rotatable bonds is 3. The second kappa shape index (κ2) is 5.27. The number of thiophene rings is 1. The van der Waals surface area contributed by atoms with Crippen molar-refractivity contribution in [1.29, 1.82) is 0 Å². The molecule has 0 fully saturated rings. The van der Waals surface area contributed by atoms with Crippen molar-refractivity contribution >= 4 is 27.3 Å². The molecule has 3 rings (SSSR count). The summed E-state index contributed by atoms with van der Waals surface area (Å²) in [4.78, 5) is 0. The maximum atomic E-state index is 5.85. The number of benzene rings is 1. The van der Waals surface area contributed by atoms with Gasteiger partial charge in [0.1, 0.15) is 5.75 Å².